The van der Waals surface area contributed by atoms with Crippen molar-refractivity contribution in [2.75, 3.05) is 13.2 Å². The maximum atomic E-state index is 10.8. The Kier molecular flexibility index (Phi) is 3.22. The highest BCUT2D eigenvalue weighted by atomic mass is 16.5. The average molecular weight is 172 g/mol. The molecule has 1 aliphatic heterocycles. The van der Waals surface area contributed by atoms with Gasteiger partial charge in [-0.05, 0) is 18.8 Å². The first-order chi connectivity index (χ1) is 5.70. The number of carbonyl (C=O) groups is 2. The van der Waals surface area contributed by atoms with Gasteiger partial charge in [0.1, 0.15) is 0 Å². The second-order valence-electron chi connectivity index (χ2n) is 2.99. The Balaban J connectivity index is 2.29. The van der Waals surface area contributed by atoms with Gasteiger partial charge in [-0.3, -0.25) is 4.79 Å². The smallest absolute Gasteiger partial charge is 0.372 e. The molecule has 4 nitrogen and oxygen atoms in total. The number of carboxylic acid groups (broad SMARTS) is 1. The van der Waals surface area contributed by atoms with Crippen molar-refractivity contribution in [2.45, 2.75) is 19.3 Å². The minimum absolute atomic E-state index is 0.165. The molecule has 4 heteroatoms. The zero-order valence-electron chi connectivity index (χ0n) is 6.78. The Morgan fingerprint density at radius 1 is 1.33 bits per heavy atom. The van der Waals surface area contributed by atoms with E-state index in [9.17, 15) is 9.59 Å². The van der Waals surface area contributed by atoms with Crippen LogP contribution in [0.5, 0.6) is 0 Å². The molecule has 1 aliphatic rings. The highest BCUT2D eigenvalue weighted by molar-refractivity contribution is 6.32. The minimum atomic E-state index is -1.32. The van der Waals surface area contributed by atoms with E-state index < -0.39 is 11.8 Å². The van der Waals surface area contributed by atoms with Crippen LogP contribution < -0.4 is 0 Å². The Morgan fingerprint density at radius 2 is 1.92 bits per heavy atom. The van der Waals surface area contributed by atoms with E-state index >= 15 is 0 Å². The highest BCUT2D eigenvalue weighted by Gasteiger charge is 2.20. The van der Waals surface area contributed by atoms with Crippen LogP contribution in [0.3, 0.4) is 0 Å². The molecule has 0 unspecified atom stereocenters. The Bertz CT molecular complexity index is 181. The number of Topliss-reactive ketones (excluding diaryl/α,β-unsaturated/α-hetero) is 1. The molecule has 1 rings (SSSR count). The SMILES string of the molecule is O=C(O)C(=O)CC1CCOCC1. The van der Waals surface area contributed by atoms with Crippen molar-refractivity contribution in [1.29, 1.82) is 0 Å². The summed E-state index contributed by atoms with van der Waals surface area (Å²) in [6, 6.07) is 0. The lowest BCUT2D eigenvalue weighted by atomic mass is 9.94. The number of hydrogen-bond acceptors (Lipinski definition) is 3. The molecule has 68 valence electrons. The van der Waals surface area contributed by atoms with Gasteiger partial charge in [0.2, 0.25) is 5.78 Å². The van der Waals surface area contributed by atoms with Crippen molar-refractivity contribution in [3.05, 3.63) is 0 Å². The Labute approximate surface area is 70.5 Å². The summed E-state index contributed by atoms with van der Waals surface area (Å²) in [5, 5.41) is 8.33. The van der Waals surface area contributed by atoms with Gasteiger partial charge in [0.15, 0.2) is 0 Å². The van der Waals surface area contributed by atoms with Gasteiger partial charge in [-0.15, -0.1) is 0 Å². The summed E-state index contributed by atoms with van der Waals surface area (Å²) in [7, 11) is 0. The summed E-state index contributed by atoms with van der Waals surface area (Å²) in [6.45, 7) is 1.30. The summed E-state index contributed by atoms with van der Waals surface area (Å²) >= 11 is 0. The molecular formula is C8H12O4. The number of ketones is 1. The standard InChI is InChI=1S/C8H12O4/c9-7(8(10)11)5-6-1-3-12-4-2-6/h6H,1-5H2,(H,10,11). The van der Waals surface area contributed by atoms with Crippen LogP contribution in [0.2, 0.25) is 0 Å². The molecule has 1 N–H and O–H groups in total. The summed E-state index contributed by atoms with van der Waals surface area (Å²) in [5.41, 5.74) is 0. The molecule has 0 spiro atoms. The third kappa shape index (κ3) is 2.62. The summed E-state index contributed by atoms with van der Waals surface area (Å²) in [4.78, 5) is 21.0. The Hall–Kier alpha value is -0.900. The fourth-order valence-corrected chi connectivity index (χ4v) is 1.30. The number of hydrogen-bond donors (Lipinski definition) is 1. The number of carbonyl (C=O) groups excluding carboxylic acids is 1. The summed E-state index contributed by atoms with van der Waals surface area (Å²) < 4.78 is 5.08. The maximum Gasteiger partial charge on any atom is 0.372 e. The van der Waals surface area contributed by atoms with Crippen molar-refractivity contribution in [1.82, 2.24) is 0 Å². The van der Waals surface area contributed by atoms with Crippen LogP contribution in [0.4, 0.5) is 0 Å². The topological polar surface area (TPSA) is 63.6 Å². The van der Waals surface area contributed by atoms with Crippen LogP contribution >= 0.6 is 0 Å². The van der Waals surface area contributed by atoms with E-state index in [1.54, 1.807) is 0 Å². The van der Waals surface area contributed by atoms with Crippen LogP contribution in [-0.4, -0.2) is 30.1 Å². The van der Waals surface area contributed by atoms with E-state index in [1.165, 1.54) is 0 Å². The summed E-state index contributed by atoms with van der Waals surface area (Å²) in [5.74, 6) is -1.79. The van der Waals surface area contributed by atoms with Gasteiger partial charge < -0.3 is 9.84 Å². The lowest BCUT2D eigenvalue weighted by Gasteiger charge is -2.20. The normalized spacial score (nSPS) is 19.0. The van der Waals surface area contributed by atoms with E-state index in [1.807, 2.05) is 0 Å². The highest BCUT2D eigenvalue weighted by Crippen LogP contribution is 2.18. The van der Waals surface area contributed by atoms with Crippen LogP contribution in [-0.2, 0) is 14.3 Å². The van der Waals surface area contributed by atoms with E-state index in [2.05, 4.69) is 0 Å². The first-order valence-corrected chi connectivity index (χ1v) is 4.04. The molecule has 0 atom stereocenters. The molecule has 0 saturated carbocycles. The van der Waals surface area contributed by atoms with E-state index in [4.69, 9.17) is 9.84 Å². The van der Waals surface area contributed by atoms with Gasteiger partial charge in [0, 0.05) is 19.6 Å². The largest absolute Gasteiger partial charge is 0.476 e. The maximum absolute atomic E-state index is 10.8. The molecule has 0 bridgehead atoms. The number of aliphatic carboxylic acids is 1. The molecule has 0 aliphatic carbocycles. The molecule has 0 radical (unpaired) electrons. The fraction of sp³-hybridized carbons (Fsp3) is 0.750. The monoisotopic (exact) mass is 172 g/mol. The van der Waals surface area contributed by atoms with Crippen LogP contribution in [0.25, 0.3) is 0 Å². The zero-order chi connectivity index (χ0) is 8.97. The third-order valence-electron chi connectivity index (χ3n) is 2.05. The first kappa shape index (κ1) is 9.19. The second kappa shape index (κ2) is 4.21. The second-order valence-corrected chi connectivity index (χ2v) is 2.99. The van der Waals surface area contributed by atoms with E-state index in [-0.39, 0.29) is 12.3 Å². The fourth-order valence-electron chi connectivity index (χ4n) is 1.30. The predicted octanol–water partition coefficient (Wildman–Crippen LogP) is 0.457. The molecule has 0 aromatic heterocycles. The molecule has 12 heavy (non-hydrogen) atoms. The number of carboxylic acids is 1. The zero-order valence-corrected chi connectivity index (χ0v) is 6.78. The Morgan fingerprint density at radius 3 is 2.42 bits per heavy atom. The van der Waals surface area contributed by atoms with Crippen LogP contribution in [0, 0.1) is 5.92 Å². The first-order valence-electron chi connectivity index (χ1n) is 4.04. The average Bonchev–Trinajstić information content (AvgIpc) is 2.06. The van der Waals surface area contributed by atoms with Gasteiger partial charge in [0.25, 0.3) is 0 Å². The van der Waals surface area contributed by atoms with Crippen LogP contribution in [0.1, 0.15) is 19.3 Å². The van der Waals surface area contributed by atoms with E-state index in [0.717, 1.165) is 12.8 Å². The molecular weight excluding hydrogens is 160 g/mol. The van der Waals surface area contributed by atoms with Crippen molar-refractivity contribution in [3.63, 3.8) is 0 Å². The molecule has 0 amide bonds. The molecule has 0 aromatic rings. The van der Waals surface area contributed by atoms with E-state index in [0.29, 0.717) is 13.2 Å². The van der Waals surface area contributed by atoms with Gasteiger partial charge >= 0.3 is 5.97 Å². The molecule has 1 fully saturated rings. The number of ether oxygens (including phenoxy) is 1. The third-order valence-corrected chi connectivity index (χ3v) is 2.05. The summed E-state index contributed by atoms with van der Waals surface area (Å²) in [6.07, 6.45) is 1.77. The number of rotatable bonds is 3. The molecule has 1 saturated heterocycles. The van der Waals surface area contributed by atoms with Gasteiger partial charge in [-0.2, -0.15) is 0 Å². The molecule has 1 heterocycles. The predicted molar refractivity (Wildman–Crippen MR) is 40.8 cm³/mol. The van der Waals surface area contributed by atoms with Crippen molar-refractivity contribution in [2.24, 2.45) is 5.92 Å². The van der Waals surface area contributed by atoms with Gasteiger partial charge in [0.05, 0.1) is 0 Å². The van der Waals surface area contributed by atoms with Crippen molar-refractivity contribution < 1.29 is 19.4 Å². The lowest BCUT2D eigenvalue weighted by molar-refractivity contribution is -0.149. The molecule has 0 aromatic carbocycles. The lowest BCUT2D eigenvalue weighted by Crippen LogP contribution is -2.22. The van der Waals surface area contributed by atoms with Gasteiger partial charge in [-0.25, -0.2) is 4.79 Å². The van der Waals surface area contributed by atoms with Crippen LogP contribution in [0.15, 0.2) is 0 Å². The quantitative estimate of drug-likeness (QED) is 0.628. The van der Waals surface area contributed by atoms with Crippen molar-refractivity contribution in [3.8, 4) is 0 Å². The van der Waals surface area contributed by atoms with Gasteiger partial charge in [-0.1, -0.05) is 0 Å². The minimum Gasteiger partial charge on any atom is -0.476 e. The van der Waals surface area contributed by atoms with Crippen molar-refractivity contribution >= 4 is 11.8 Å².